The highest BCUT2D eigenvalue weighted by Gasteiger charge is 2.16. The average Bonchev–Trinajstić information content (AvgIpc) is 2.45. The van der Waals surface area contributed by atoms with Crippen molar-refractivity contribution in [2.45, 2.75) is 6.54 Å². The van der Waals surface area contributed by atoms with Crippen molar-refractivity contribution in [1.29, 1.82) is 0 Å². The second kappa shape index (κ2) is 5.54. The Labute approximate surface area is 120 Å². The molecule has 4 nitrogen and oxygen atoms in total. The van der Waals surface area contributed by atoms with E-state index in [-0.39, 0.29) is 0 Å². The zero-order valence-electron chi connectivity index (χ0n) is 10.5. The molecular formula is C14H12ClFN2O2. The van der Waals surface area contributed by atoms with Crippen molar-refractivity contribution in [3.05, 3.63) is 46.9 Å². The highest BCUT2D eigenvalue weighted by atomic mass is 35.5. The van der Waals surface area contributed by atoms with E-state index in [1.54, 1.807) is 18.2 Å². The van der Waals surface area contributed by atoms with Gasteiger partial charge in [-0.3, -0.25) is 0 Å². The fourth-order valence-electron chi connectivity index (χ4n) is 1.97. The molecule has 0 unspecified atom stereocenters. The van der Waals surface area contributed by atoms with Gasteiger partial charge in [-0.15, -0.1) is 0 Å². The maximum atomic E-state index is 13.0. The van der Waals surface area contributed by atoms with Gasteiger partial charge in [-0.05, 0) is 29.8 Å². The Balaban J connectivity index is 1.76. The van der Waals surface area contributed by atoms with Gasteiger partial charge < -0.3 is 14.8 Å². The van der Waals surface area contributed by atoms with Crippen LogP contribution in [0, 0.1) is 5.95 Å². The Hall–Kier alpha value is -2.01. The zero-order chi connectivity index (χ0) is 13.9. The van der Waals surface area contributed by atoms with Crippen LogP contribution in [0.15, 0.2) is 30.3 Å². The summed E-state index contributed by atoms with van der Waals surface area (Å²) in [4.78, 5) is 3.73. The molecule has 0 saturated carbocycles. The third-order valence-corrected chi connectivity index (χ3v) is 3.13. The number of pyridine rings is 1. The predicted octanol–water partition coefficient (Wildman–Crippen LogP) is 3.26. The Morgan fingerprint density at radius 2 is 2.10 bits per heavy atom. The van der Waals surface area contributed by atoms with Crippen molar-refractivity contribution in [3.8, 4) is 11.5 Å². The molecule has 0 fully saturated rings. The summed E-state index contributed by atoms with van der Waals surface area (Å²) >= 11 is 6.15. The number of halogens is 2. The van der Waals surface area contributed by atoms with Gasteiger partial charge in [-0.2, -0.15) is 4.39 Å². The van der Waals surface area contributed by atoms with Crippen molar-refractivity contribution in [1.82, 2.24) is 4.98 Å². The monoisotopic (exact) mass is 294 g/mol. The first-order chi connectivity index (χ1) is 9.72. The van der Waals surface area contributed by atoms with Gasteiger partial charge in [0.05, 0.1) is 5.02 Å². The van der Waals surface area contributed by atoms with E-state index >= 15 is 0 Å². The van der Waals surface area contributed by atoms with Crippen molar-refractivity contribution in [2.24, 2.45) is 0 Å². The van der Waals surface area contributed by atoms with Gasteiger partial charge in [0.25, 0.3) is 0 Å². The fourth-order valence-corrected chi connectivity index (χ4v) is 2.25. The maximum Gasteiger partial charge on any atom is 0.214 e. The lowest BCUT2D eigenvalue weighted by Crippen LogP contribution is -2.16. The molecule has 0 aliphatic carbocycles. The van der Waals surface area contributed by atoms with E-state index in [4.69, 9.17) is 21.1 Å². The van der Waals surface area contributed by atoms with Crippen LogP contribution >= 0.6 is 11.6 Å². The van der Waals surface area contributed by atoms with Crippen molar-refractivity contribution in [2.75, 3.05) is 18.5 Å². The highest BCUT2D eigenvalue weighted by molar-refractivity contribution is 6.32. The van der Waals surface area contributed by atoms with Crippen LogP contribution in [-0.2, 0) is 6.54 Å². The van der Waals surface area contributed by atoms with E-state index in [0.717, 1.165) is 5.56 Å². The van der Waals surface area contributed by atoms with Crippen LogP contribution in [0.5, 0.6) is 11.5 Å². The van der Waals surface area contributed by atoms with Gasteiger partial charge in [0, 0.05) is 6.54 Å². The minimum absolute atomic E-state index is 0.465. The van der Waals surface area contributed by atoms with Crippen LogP contribution in [0.4, 0.5) is 10.2 Å². The number of aromatic nitrogens is 1. The van der Waals surface area contributed by atoms with Crippen molar-refractivity contribution in [3.63, 3.8) is 0 Å². The van der Waals surface area contributed by atoms with Crippen LogP contribution in [0.3, 0.4) is 0 Å². The van der Waals surface area contributed by atoms with Gasteiger partial charge in [0.1, 0.15) is 19.0 Å². The lowest BCUT2D eigenvalue weighted by Gasteiger charge is -2.20. The van der Waals surface area contributed by atoms with Gasteiger partial charge >= 0.3 is 0 Å². The summed E-state index contributed by atoms with van der Waals surface area (Å²) in [5, 5.41) is 3.54. The summed E-state index contributed by atoms with van der Waals surface area (Å²) in [5.41, 5.74) is 0.908. The van der Waals surface area contributed by atoms with E-state index in [9.17, 15) is 4.39 Å². The quantitative estimate of drug-likeness (QED) is 0.883. The average molecular weight is 295 g/mol. The Bertz CT molecular complexity index is 637. The Morgan fingerprint density at radius 3 is 2.95 bits per heavy atom. The van der Waals surface area contributed by atoms with Gasteiger partial charge in [0.2, 0.25) is 5.95 Å². The van der Waals surface area contributed by atoms with Crippen LogP contribution in [0.2, 0.25) is 5.02 Å². The first kappa shape index (κ1) is 13.0. The van der Waals surface area contributed by atoms with E-state index < -0.39 is 5.95 Å². The predicted molar refractivity (Wildman–Crippen MR) is 74.0 cm³/mol. The summed E-state index contributed by atoms with van der Waals surface area (Å²) < 4.78 is 23.9. The van der Waals surface area contributed by atoms with Gasteiger partial charge in [-0.25, -0.2) is 4.98 Å². The lowest BCUT2D eigenvalue weighted by molar-refractivity contribution is 0.171. The summed E-state index contributed by atoms with van der Waals surface area (Å²) in [6.07, 6.45) is 0. The second-order valence-electron chi connectivity index (χ2n) is 4.30. The SMILES string of the molecule is Fc1cccc(NCc2cc(Cl)c3c(c2)OCCO3)n1. The minimum Gasteiger partial charge on any atom is -0.486 e. The van der Waals surface area contributed by atoms with Gasteiger partial charge in [-0.1, -0.05) is 17.7 Å². The largest absolute Gasteiger partial charge is 0.486 e. The third-order valence-electron chi connectivity index (χ3n) is 2.85. The summed E-state index contributed by atoms with van der Waals surface area (Å²) in [6.45, 7) is 1.47. The number of rotatable bonds is 3. The second-order valence-corrected chi connectivity index (χ2v) is 4.71. The van der Waals surface area contributed by atoms with Crippen LogP contribution in [-0.4, -0.2) is 18.2 Å². The van der Waals surface area contributed by atoms with E-state index in [2.05, 4.69) is 10.3 Å². The first-order valence-corrected chi connectivity index (χ1v) is 6.54. The summed E-state index contributed by atoms with van der Waals surface area (Å²) in [6, 6.07) is 8.24. The third kappa shape index (κ3) is 2.77. The molecule has 1 aromatic carbocycles. The lowest BCUT2D eigenvalue weighted by atomic mass is 10.2. The van der Waals surface area contributed by atoms with Crippen molar-refractivity contribution < 1.29 is 13.9 Å². The standard InChI is InChI=1S/C14H12ClFN2O2/c15-10-6-9(7-11-14(10)20-5-4-19-11)8-17-13-3-1-2-12(16)18-13/h1-3,6-7H,4-5,8H2,(H,17,18). The van der Waals surface area contributed by atoms with Crippen LogP contribution in [0.25, 0.3) is 0 Å². The molecule has 1 N–H and O–H groups in total. The molecule has 1 aliphatic heterocycles. The molecule has 0 atom stereocenters. The first-order valence-electron chi connectivity index (χ1n) is 6.17. The molecule has 0 radical (unpaired) electrons. The molecule has 0 bridgehead atoms. The summed E-state index contributed by atoms with van der Waals surface area (Å²) in [5.74, 6) is 1.16. The van der Waals surface area contributed by atoms with Gasteiger partial charge in [0.15, 0.2) is 11.5 Å². The minimum atomic E-state index is -0.518. The molecule has 20 heavy (non-hydrogen) atoms. The number of anilines is 1. The van der Waals surface area contributed by atoms with Crippen molar-refractivity contribution >= 4 is 17.4 Å². The molecule has 1 aromatic heterocycles. The maximum absolute atomic E-state index is 13.0. The molecule has 0 spiro atoms. The molecule has 0 amide bonds. The number of nitrogens with zero attached hydrogens (tertiary/aromatic N) is 1. The topological polar surface area (TPSA) is 43.4 Å². The number of ether oxygens (including phenoxy) is 2. The van der Waals surface area contributed by atoms with E-state index in [0.29, 0.717) is 42.1 Å². The molecule has 2 heterocycles. The number of hydrogen-bond acceptors (Lipinski definition) is 4. The van der Waals surface area contributed by atoms with Crippen LogP contribution in [0.1, 0.15) is 5.56 Å². The van der Waals surface area contributed by atoms with E-state index in [1.807, 2.05) is 6.07 Å². The zero-order valence-corrected chi connectivity index (χ0v) is 11.3. The highest BCUT2D eigenvalue weighted by Crippen LogP contribution is 2.38. The smallest absolute Gasteiger partial charge is 0.214 e. The number of hydrogen-bond donors (Lipinski definition) is 1. The van der Waals surface area contributed by atoms with Crippen LogP contribution < -0.4 is 14.8 Å². The molecule has 1 aliphatic rings. The molecule has 6 heteroatoms. The molecule has 0 saturated heterocycles. The molecule has 3 rings (SSSR count). The Kier molecular flexibility index (Phi) is 3.60. The molecular weight excluding hydrogens is 283 g/mol. The fraction of sp³-hybridized carbons (Fsp3) is 0.214. The summed E-state index contributed by atoms with van der Waals surface area (Å²) in [7, 11) is 0. The number of fused-ring (bicyclic) bond motifs is 1. The van der Waals surface area contributed by atoms with E-state index in [1.165, 1.54) is 6.07 Å². The number of benzene rings is 1. The normalized spacial score (nSPS) is 13.1. The molecule has 2 aromatic rings. The Morgan fingerprint density at radius 1 is 1.25 bits per heavy atom. The molecule has 104 valence electrons. The number of nitrogens with one attached hydrogen (secondary N) is 1.